The van der Waals surface area contributed by atoms with Gasteiger partial charge in [-0.15, -0.1) is 0 Å². The number of likely N-dealkylation sites (tertiary alicyclic amines) is 1. The van der Waals surface area contributed by atoms with E-state index in [-0.39, 0.29) is 28.7 Å². The molecule has 3 aromatic rings. The fraction of sp³-hybridized carbons (Fsp3) is 0.208. The maximum Gasteiger partial charge on any atom is 0.252 e. The summed E-state index contributed by atoms with van der Waals surface area (Å²) in [6.07, 6.45) is 11.7. The van der Waals surface area contributed by atoms with Crippen LogP contribution in [-0.4, -0.2) is 61.1 Å². The Kier molecular flexibility index (Phi) is 6.76. The van der Waals surface area contributed by atoms with E-state index in [9.17, 15) is 14.4 Å². The van der Waals surface area contributed by atoms with Crippen molar-refractivity contribution in [1.29, 1.82) is 5.41 Å². The number of piperidine rings is 1. The van der Waals surface area contributed by atoms with E-state index in [1.54, 1.807) is 21.9 Å². The smallest absolute Gasteiger partial charge is 0.252 e. The molecule has 1 saturated heterocycles. The average molecular weight is 473 g/mol. The standard InChI is InChI=1S/C24H24N8O3/c1-2-20(34)32-7-3-4-16(14-32)30-22-18(12-27-13-19(22)23(26)35)21(25)15-10-28-24(29-11-15)31-8-5-17(33)6-9-31/h2,5-6,8-13,16,25H,1,3-4,7,14H2,(H2,26,35)(H,27,30). The Labute approximate surface area is 200 Å². The summed E-state index contributed by atoms with van der Waals surface area (Å²) >= 11 is 0. The first kappa shape index (κ1) is 23.5. The predicted molar refractivity (Wildman–Crippen MR) is 130 cm³/mol. The molecule has 0 bridgehead atoms. The van der Waals surface area contributed by atoms with Crippen molar-refractivity contribution in [2.75, 3.05) is 18.4 Å². The topological polar surface area (TPSA) is 160 Å². The van der Waals surface area contributed by atoms with E-state index in [0.29, 0.717) is 35.9 Å². The number of nitrogens with zero attached hydrogens (tertiary/aromatic N) is 5. The Balaban J connectivity index is 1.63. The molecule has 3 aromatic heterocycles. The molecule has 0 aromatic carbocycles. The largest absolute Gasteiger partial charge is 0.379 e. The zero-order valence-corrected chi connectivity index (χ0v) is 18.8. The normalized spacial score (nSPS) is 15.3. The molecule has 4 heterocycles. The second-order valence-corrected chi connectivity index (χ2v) is 8.03. The lowest BCUT2D eigenvalue weighted by Crippen LogP contribution is -2.45. The molecule has 0 aliphatic carbocycles. The van der Waals surface area contributed by atoms with Crippen LogP contribution < -0.4 is 16.5 Å². The lowest BCUT2D eigenvalue weighted by atomic mass is 9.99. The lowest BCUT2D eigenvalue weighted by molar-refractivity contribution is -0.127. The molecule has 1 unspecified atom stereocenters. The second kappa shape index (κ2) is 10.1. The third-order valence-electron chi connectivity index (χ3n) is 5.69. The highest BCUT2D eigenvalue weighted by Gasteiger charge is 2.25. The number of aromatic nitrogens is 4. The van der Waals surface area contributed by atoms with Crippen LogP contribution >= 0.6 is 0 Å². The maximum absolute atomic E-state index is 12.2. The number of hydrogen-bond acceptors (Lipinski definition) is 8. The fourth-order valence-electron chi connectivity index (χ4n) is 3.91. The minimum atomic E-state index is -0.686. The Hall–Kier alpha value is -4.67. The molecule has 4 rings (SSSR count). The van der Waals surface area contributed by atoms with Gasteiger partial charge in [0.15, 0.2) is 5.43 Å². The van der Waals surface area contributed by atoms with Gasteiger partial charge in [0.1, 0.15) is 0 Å². The predicted octanol–water partition coefficient (Wildman–Crippen LogP) is 1.13. The lowest BCUT2D eigenvalue weighted by Gasteiger charge is -2.33. The summed E-state index contributed by atoms with van der Waals surface area (Å²) in [5.41, 5.74) is 6.79. The molecule has 2 amide bonds. The summed E-state index contributed by atoms with van der Waals surface area (Å²) in [7, 11) is 0. The number of rotatable bonds is 7. The molecule has 0 radical (unpaired) electrons. The Morgan fingerprint density at radius 2 is 1.83 bits per heavy atom. The minimum Gasteiger partial charge on any atom is -0.379 e. The van der Waals surface area contributed by atoms with E-state index in [1.165, 1.54) is 43.0 Å². The van der Waals surface area contributed by atoms with Crippen molar-refractivity contribution in [3.05, 3.63) is 88.9 Å². The first-order valence-electron chi connectivity index (χ1n) is 10.9. The van der Waals surface area contributed by atoms with Crippen molar-refractivity contribution in [3.63, 3.8) is 0 Å². The van der Waals surface area contributed by atoms with Crippen LogP contribution in [0.5, 0.6) is 0 Å². The molecule has 178 valence electrons. The van der Waals surface area contributed by atoms with E-state index in [0.717, 1.165) is 12.8 Å². The van der Waals surface area contributed by atoms with Gasteiger partial charge in [-0.25, -0.2) is 9.97 Å². The third-order valence-corrected chi connectivity index (χ3v) is 5.69. The van der Waals surface area contributed by atoms with Crippen molar-refractivity contribution < 1.29 is 9.59 Å². The minimum absolute atomic E-state index is 0.0457. The fourth-order valence-corrected chi connectivity index (χ4v) is 3.91. The second-order valence-electron chi connectivity index (χ2n) is 8.03. The Bertz CT molecular complexity index is 1330. The summed E-state index contributed by atoms with van der Waals surface area (Å²) in [6.45, 7) is 4.60. The highest BCUT2D eigenvalue weighted by molar-refractivity contribution is 6.16. The van der Waals surface area contributed by atoms with Gasteiger partial charge < -0.3 is 16.0 Å². The summed E-state index contributed by atoms with van der Waals surface area (Å²) in [4.78, 5) is 49.9. The molecular formula is C24H24N8O3. The third kappa shape index (κ3) is 5.13. The molecule has 1 aliphatic heterocycles. The van der Waals surface area contributed by atoms with Crippen molar-refractivity contribution in [1.82, 2.24) is 24.4 Å². The molecule has 0 spiro atoms. The van der Waals surface area contributed by atoms with Crippen LogP contribution in [0.1, 0.15) is 34.3 Å². The van der Waals surface area contributed by atoms with E-state index in [1.807, 2.05) is 0 Å². The summed E-state index contributed by atoms with van der Waals surface area (Å²) in [5, 5.41) is 12.1. The number of nitrogens with two attached hydrogens (primary N) is 1. The maximum atomic E-state index is 12.2. The molecule has 4 N–H and O–H groups in total. The van der Waals surface area contributed by atoms with Gasteiger partial charge >= 0.3 is 0 Å². The van der Waals surface area contributed by atoms with Crippen molar-refractivity contribution >= 4 is 23.2 Å². The van der Waals surface area contributed by atoms with Crippen molar-refractivity contribution in [3.8, 4) is 5.95 Å². The number of amides is 2. The quantitative estimate of drug-likeness (QED) is 0.343. The molecule has 35 heavy (non-hydrogen) atoms. The van der Waals surface area contributed by atoms with Gasteiger partial charge in [0, 0.05) is 79.6 Å². The van der Waals surface area contributed by atoms with Gasteiger partial charge in [-0.3, -0.25) is 29.3 Å². The number of nitrogens with one attached hydrogen (secondary N) is 2. The summed E-state index contributed by atoms with van der Waals surface area (Å²) in [6, 6.07) is 2.64. The van der Waals surface area contributed by atoms with Crippen LogP contribution in [0.25, 0.3) is 5.95 Å². The van der Waals surface area contributed by atoms with E-state index in [2.05, 4.69) is 26.8 Å². The Morgan fingerprint density at radius 1 is 1.14 bits per heavy atom. The molecule has 11 nitrogen and oxygen atoms in total. The highest BCUT2D eigenvalue weighted by atomic mass is 16.2. The number of pyridine rings is 2. The zero-order chi connectivity index (χ0) is 24.9. The van der Waals surface area contributed by atoms with Crippen LogP contribution in [0.4, 0.5) is 5.69 Å². The Morgan fingerprint density at radius 3 is 2.49 bits per heavy atom. The van der Waals surface area contributed by atoms with Crippen LogP contribution in [0.15, 0.2) is 66.8 Å². The molecule has 0 saturated carbocycles. The molecular weight excluding hydrogens is 448 g/mol. The monoisotopic (exact) mass is 472 g/mol. The number of anilines is 1. The number of carbonyl (C=O) groups excluding carboxylic acids is 2. The van der Waals surface area contributed by atoms with E-state index in [4.69, 9.17) is 11.1 Å². The van der Waals surface area contributed by atoms with Crippen LogP contribution in [-0.2, 0) is 4.79 Å². The van der Waals surface area contributed by atoms with E-state index >= 15 is 0 Å². The van der Waals surface area contributed by atoms with Gasteiger partial charge in [-0.05, 0) is 18.9 Å². The zero-order valence-electron chi connectivity index (χ0n) is 18.8. The van der Waals surface area contributed by atoms with Gasteiger partial charge in [0.2, 0.25) is 11.9 Å². The van der Waals surface area contributed by atoms with Crippen LogP contribution in [0.2, 0.25) is 0 Å². The molecule has 1 atom stereocenters. The van der Waals surface area contributed by atoms with Gasteiger partial charge in [-0.2, -0.15) is 0 Å². The summed E-state index contributed by atoms with van der Waals surface area (Å²) in [5.74, 6) is -0.512. The van der Waals surface area contributed by atoms with Gasteiger partial charge in [0.25, 0.3) is 5.91 Å². The summed E-state index contributed by atoms with van der Waals surface area (Å²) < 4.78 is 1.58. The first-order valence-corrected chi connectivity index (χ1v) is 10.9. The molecule has 11 heteroatoms. The van der Waals surface area contributed by atoms with Gasteiger partial charge in [0.05, 0.1) is 17.0 Å². The molecule has 1 aliphatic rings. The number of primary amides is 1. The van der Waals surface area contributed by atoms with Crippen LogP contribution in [0.3, 0.4) is 0 Å². The first-order chi connectivity index (χ1) is 16.9. The van der Waals surface area contributed by atoms with Crippen molar-refractivity contribution in [2.24, 2.45) is 5.73 Å². The van der Waals surface area contributed by atoms with Crippen molar-refractivity contribution in [2.45, 2.75) is 18.9 Å². The SMILES string of the molecule is C=CC(=O)N1CCCC(Nc2c(C(=N)c3cnc(-n4ccc(=O)cc4)nc3)cncc2C(N)=O)C1. The average Bonchev–Trinajstić information content (AvgIpc) is 2.88. The molecule has 1 fully saturated rings. The highest BCUT2D eigenvalue weighted by Crippen LogP contribution is 2.26. The van der Waals surface area contributed by atoms with E-state index < -0.39 is 5.91 Å². The van der Waals surface area contributed by atoms with Gasteiger partial charge in [-0.1, -0.05) is 6.58 Å². The number of carbonyl (C=O) groups is 2. The number of hydrogen-bond donors (Lipinski definition) is 3. The van der Waals surface area contributed by atoms with Crippen LogP contribution in [0, 0.1) is 5.41 Å².